The fraction of sp³-hybridized carbons (Fsp3) is 0.692. The molecular weight excluding hydrogens is 216 g/mol. The molecule has 0 amide bonds. The Morgan fingerprint density at radius 2 is 2.25 bits per heavy atom. The summed E-state index contributed by atoms with van der Waals surface area (Å²) in [6.45, 7) is 6.46. The number of nitrogens with zero attached hydrogens (tertiary/aromatic N) is 1. The van der Waals surface area contributed by atoms with Crippen molar-refractivity contribution in [3.63, 3.8) is 0 Å². The highest BCUT2D eigenvalue weighted by atomic mass is 32.1. The Kier molecular flexibility index (Phi) is 3.67. The third-order valence-corrected chi connectivity index (χ3v) is 3.80. The molecule has 0 atom stereocenters. The predicted molar refractivity (Wildman–Crippen MR) is 70.6 cm³/mol. The first kappa shape index (κ1) is 12.1. The van der Waals surface area contributed by atoms with Crippen molar-refractivity contribution in [3.05, 3.63) is 22.4 Å². The third-order valence-electron chi connectivity index (χ3n) is 3.07. The van der Waals surface area contributed by atoms with Gasteiger partial charge in [-0.05, 0) is 55.5 Å². The van der Waals surface area contributed by atoms with Gasteiger partial charge in [0.05, 0.1) is 0 Å². The second-order valence-electron chi connectivity index (χ2n) is 5.57. The normalized spacial score (nSPS) is 17.0. The summed E-state index contributed by atoms with van der Waals surface area (Å²) < 4.78 is 0. The van der Waals surface area contributed by atoms with Crippen LogP contribution in [0.25, 0.3) is 0 Å². The molecule has 0 aromatic carbocycles. The lowest BCUT2D eigenvalue weighted by Gasteiger charge is -2.26. The number of nitrogens with two attached hydrogens (primary N) is 1. The van der Waals surface area contributed by atoms with Crippen LogP contribution in [0.5, 0.6) is 0 Å². The first-order valence-corrected chi connectivity index (χ1v) is 7.03. The molecule has 0 aliphatic heterocycles. The molecule has 2 rings (SSSR count). The highest BCUT2D eigenvalue weighted by Gasteiger charge is 2.29. The Morgan fingerprint density at radius 1 is 1.50 bits per heavy atom. The Hall–Kier alpha value is -0.380. The first-order valence-electron chi connectivity index (χ1n) is 6.09. The highest BCUT2D eigenvalue weighted by Crippen LogP contribution is 2.29. The molecule has 0 saturated heterocycles. The number of thiophene rings is 1. The second-order valence-corrected chi connectivity index (χ2v) is 6.35. The van der Waals surface area contributed by atoms with Gasteiger partial charge in [-0.25, -0.2) is 0 Å². The van der Waals surface area contributed by atoms with Crippen molar-refractivity contribution in [2.75, 3.05) is 6.54 Å². The Balaban J connectivity index is 1.85. The molecule has 0 bridgehead atoms. The molecule has 1 aliphatic carbocycles. The maximum absolute atomic E-state index is 6.05. The second kappa shape index (κ2) is 4.86. The third kappa shape index (κ3) is 3.89. The van der Waals surface area contributed by atoms with Gasteiger partial charge >= 0.3 is 0 Å². The van der Waals surface area contributed by atoms with Gasteiger partial charge < -0.3 is 5.73 Å². The molecule has 0 radical (unpaired) electrons. The molecule has 0 unspecified atom stereocenters. The van der Waals surface area contributed by atoms with Gasteiger partial charge in [-0.3, -0.25) is 4.90 Å². The summed E-state index contributed by atoms with van der Waals surface area (Å²) in [5.74, 6) is 0. The van der Waals surface area contributed by atoms with Crippen molar-refractivity contribution in [2.45, 2.75) is 51.2 Å². The van der Waals surface area contributed by atoms with E-state index in [1.807, 2.05) is 0 Å². The van der Waals surface area contributed by atoms with Gasteiger partial charge in [-0.15, -0.1) is 0 Å². The largest absolute Gasteiger partial charge is 0.326 e. The molecule has 1 fully saturated rings. The Bertz CT molecular complexity index is 309. The maximum atomic E-state index is 6.05. The lowest BCUT2D eigenvalue weighted by atomic mass is 10.0. The van der Waals surface area contributed by atoms with Gasteiger partial charge in [0.1, 0.15) is 0 Å². The summed E-state index contributed by atoms with van der Waals surface area (Å²) in [6, 6.07) is 3.05. The monoisotopic (exact) mass is 238 g/mol. The van der Waals surface area contributed by atoms with Gasteiger partial charge in [-0.2, -0.15) is 11.3 Å². The summed E-state index contributed by atoms with van der Waals surface area (Å²) in [5, 5.41) is 4.41. The van der Waals surface area contributed by atoms with E-state index in [9.17, 15) is 0 Å². The molecule has 0 spiro atoms. The van der Waals surface area contributed by atoms with E-state index in [4.69, 9.17) is 5.73 Å². The van der Waals surface area contributed by atoms with Crippen LogP contribution < -0.4 is 5.73 Å². The zero-order valence-corrected chi connectivity index (χ0v) is 11.1. The predicted octanol–water partition coefficient (Wildman–Crippen LogP) is 2.84. The van der Waals surface area contributed by atoms with E-state index < -0.39 is 0 Å². The quantitative estimate of drug-likeness (QED) is 0.825. The Morgan fingerprint density at radius 3 is 2.75 bits per heavy atom. The van der Waals surface area contributed by atoms with Gasteiger partial charge in [0.15, 0.2) is 0 Å². The number of rotatable bonds is 6. The van der Waals surface area contributed by atoms with Crippen LogP contribution in [0, 0.1) is 0 Å². The average Bonchev–Trinajstić information content (AvgIpc) is 2.90. The van der Waals surface area contributed by atoms with Crippen LogP contribution in [-0.4, -0.2) is 23.0 Å². The van der Waals surface area contributed by atoms with Crippen LogP contribution >= 0.6 is 11.3 Å². The minimum Gasteiger partial charge on any atom is -0.326 e. The average molecular weight is 238 g/mol. The maximum Gasteiger partial charge on any atom is 0.0244 e. The van der Waals surface area contributed by atoms with E-state index in [2.05, 4.69) is 35.6 Å². The number of hydrogen-bond acceptors (Lipinski definition) is 3. The molecule has 1 heterocycles. The summed E-state index contributed by atoms with van der Waals surface area (Å²) in [5.41, 5.74) is 7.46. The lowest BCUT2D eigenvalue weighted by molar-refractivity contribution is 0.231. The lowest BCUT2D eigenvalue weighted by Crippen LogP contribution is -2.38. The minimum atomic E-state index is -0.0399. The molecule has 1 saturated carbocycles. The van der Waals surface area contributed by atoms with Crippen LogP contribution in [0.15, 0.2) is 16.8 Å². The molecule has 2 nitrogen and oxygen atoms in total. The molecule has 90 valence electrons. The highest BCUT2D eigenvalue weighted by molar-refractivity contribution is 7.07. The smallest absolute Gasteiger partial charge is 0.0244 e. The topological polar surface area (TPSA) is 29.3 Å². The van der Waals surface area contributed by atoms with E-state index in [-0.39, 0.29) is 5.54 Å². The molecule has 16 heavy (non-hydrogen) atoms. The van der Waals surface area contributed by atoms with Gasteiger partial charge in [0.2, 0.25) is 0 Å². The molecule has 2 N–H and O–H groups in total. The molecule has 1 aromatic heterocycles. The molecule has 1 aliphatic rings. The van der Waals surface area contributed by atoms with E-state index >= 15 is 0 Å². The Labute approximate surface area is 102 Å². The molecule has 3 heteroatoms. The van der Waals surface area contributed by atoms with Crippen LogP contribution in [0.4, 0.5) is 0 Å². The van der Waals surface area contributed by atoms with E-state index in [1.165, 1.54) is 18.4 Å². The fourth-order valence-electron chi connectivity index (χ4n) is 1.88. The first-order chi connectivity index (χ1) is 7.54. The van der Waals surface area contributed by atoms with Crippen LogP contribution in [0.1, 0.15) is 38.7 Å². The van der Waals surface area contributed by atoms with Crippen molar-refractivity contribution >= 4 is 11.3 Å². The number of hydrogen-bond donors (Lipinski definition) is 1. The van der Waals surface area contributed by atoms with Crippen LogP contribution in [0.2, 0.25) is 0 Å². The summed E-state index contributed by atoms with van der Waals surface area (Å²) in [6.07, 6.45) is 3.82. The van der Waals surface area contributed by atoms with Crippen molar-refractivity contribution in [1.29, 1.82) is 0 Å². The molecule has 1 aromatic rings. The van der Waals surface area contributed by atoms with Crippen LogP contribution in [0.3, 0.4) is 0 Å². The van der Waals surface area contributed by atoms with Gasteiger partial charge in [0.25, 0.3) is 0 Å². The minimum absolute atomic E-state index is 0.0399. The van der Waals surface area contributed by atoms with Gasteiger partial charge in [-0.1, -0.05) is 0 Å². The zero-order chi connectivity index (χ0) is 11.6. The van der Waals surface area contributed by atoms with Crippen molar-refractivity contribution < 1.29 is 0 Å². The van der Waals surface area contributed by atoms with Gasteiger partial charge in [0, 0.05) is 24.7 Å². The SMILES string of the molecule is CC(C)(N)CCN(Cc1ccsc1)C1CC1. The summed E-state index contributed by atoms with van der Waals surface area (Å²) in [7, 11) is 0. The van der Waals surface area contributed by atoms with Crippen molar-refractivity contribution in [2.24, 2.45) is 5.73 Å². The molecular formula is C13H22N2S. The van der Waals surface area contributed by atoms with Crippen molar-refractivity contribution in [3.8, 4) is 0 Å². The fourth-order valence-corrected chi connectivity index (χ4v) is 2.54. The van der Waals surface area contributed by atoms with Crippen molar-refractivity contribution in [1.82, 2.24) is 4.90 Å². The zero-order valence-electron chi connectivity index (χ0n) is 10.3. The summed E-state index contributed by atoms with van der Waals surface area (Å²) >= 11 is 1.79. The van der Waals surface area contributed by atoms with Crippen LogP contribution in [-0.2, 0) is 6.54 Å². The summed E-state index contributed by atoms with van der Waals surface area (Å²) in [4.78, 5) is 2.59. The van der Waals surface area contributed by atoms with E-state index in [1.54, 1.807) is 11.3 Å². The van der Waals surface area contributed by atoms with E-state index in [0.29, 0.717) is 0 Å². The van der Waals surface area contributed by atoms with E-state index in [0.717, 1.165) is 25.6 Å². The standard InChI is InChI=1S/C13H22N2S/c1-13(2,14)6-7-15(12-3-4-12)9-11-5-8-16-10-11/h5,8,10,12H,3-4,6-7,9,14H2,1-2H3.